The highest BCUT2D eigenvalue weighted by atomic mass is 17.0. The molecule has 0 N–H and O–H groups in total. The fraction of sp³-hybridized carbons (Fsp3) is 0.875. The number of nitrogens with zero attached hydrogens (tertiary/aromatic N) is 2. The molecule has 1 saturated carbocycles. The molecule has 1 saturated heterocycles. The number of hydrogen-bond donors (Lipinski definition) is 0. The maximum absolute atomic E-state index is 11.5. The average molecular weight is 200 g/mol. The second-order valence-electron chi connectivity index (χ2n) is 3.89. The molecule has 0 aromatic rings. The van der Waals surface area contributed by atoms with Crippen LogP contribution >= 0.6 is 0 Å². The molecule has 0 spiro atoms. The molecule has 2 aliphatic rings. The first-order valence-electron chi connectivity index (χ1n) is 4.67. The van der Waals surface area contributed by atoms with Gasteiger partial charge in [0.1, 0.15) is 6.10 Å². The predicted octanol–water partition coefficient (Wildman–Crippen LogP) is 0.204. The van der Waals surface area contributed by atoms with Gasteiger partial charge in [0.25, 0.3) is 5.09 Å². The molecule has 6 nitrogen and oxygen atoms in total. The second kappa shape index (κ2) is 3.11. The number of likely N-dealkylation sites (tertiary alicyclic amines) is 1. The van der Waals surface area contributed by atoms with Crippen LogP contribution in [0.5, 0.6) is 0 Å². The van der Waals surface area contributed by atoms with Crippen LogP contribution in [0, 0.1) is 16.0 Å². The van der Waals surface area contributed by atoms with E-state index in [-0.39, 0.29) is 17.9 Å². The van der Waals surface area contributed by atoms with Gasteiger partial charge in [0.2, 0.25) is 5.91 Å². The predicted molar refractivity (Wildman–Crippen MR) is 45.8 cm³/mol. The Morgan fingerprint density at radius 3 is 2.93 bits per heavy atom. The molecule has 0 aromatic heterocycles. The summed E-state index contributed by atoms with van der Waals surface area (Å²) in [6.07, 6.45) is 1.58. The summed E-state index contributed by atoms with van der Waals surface area (Å²) in [7, 11) is 1.69. The van der Waals surface area contributed by atoms with Gasteiger partial charge in [0.15, 0.2) is 0 Å². The Morgan fingerprint density at radius 2 is 2.29 bits per heavy atom. The minimum atomic E-state index is -0.762. The molecule has 0 aromatic carbocycles. The number of carbonyl (C=O) groups excluding carboxylic acids is 1. The summed E-state index contributed by atoms with van der Waals surface area (Å²) < 4.78 is 0. The van der Waals surface area contributed by atoms with Gasteiger partial charge in [0, 0.05) is 13.0 Å². The Bertz CT molecular complexity index is 281. The van der Waals surface area contributed by atoms with Crippen molar-refractivity contribution in [1.82, 2.24) is 4.90 Å². The lowest BCUT2D eigenvalue weighted by atomic mass is 9.88. The molecule has 1 aliphatic carbocycles. The van der Waals surface area contributed by atoms with Gasteiger partial charge in [-0.15, -0.1) is 10.1 Å². The number of fused-ring (bicyclic) bond motifs is 2. The van der Waals surface area contributed by atoms with Gasteiger partial charge in [-0.1, -0.05) is 0 Å². The van der Waals surface area contributed by atoms with E-state index < -0.39 is 11.2 Å². The maximum atomic E-state index is 11.5. The van der Waals surface area contributed by atoms with E-state index in [2.05, 4.69) is 4.84 Å². The van der Waals surface area contributed by atoms with E-state index in [0.29, 0.717) is 19.3 Å². The third-order valence-electron chi connectivity index (χ3n) is 3.17. The van der Waals surface area contributed by atoms with Gasteiger partial charge in [-0.25, -0.2) is 0 Å². The second-order valence-corrected chi connectivity index (χ2v) is 3.89. The Hall–Kier alpha value is -1.33. The third-order valence-corrected chi connectivity index (χ3v) is 3.17. The Labute approximate surface area is 80.9 Å². The monoisotopic (exact) mass is 200 g/mol. The fourth-order valence-electron chi connectivity index (χ4n) is 2.44. The van der Waals surface area contributed by atoms with Crippen LogP contribution in [-0.2, 0) is 9.63 Å². The summed E-state index contributed by atoms with van der Waals surface area (Å²) in [5.41, 5.74) is 0. The summed E-state index contributed by atoms with van der Waals surface area (Å²) in [5, 5.41) is 9.45. The highest BCUT2D eigenvalue weighted by molar-refractivity contribution is 5.81. The molecule has 1 aliphatic heterocycles. The highest BCUT2D eigenvalue weighted by Crippen LogP contribution is 2.36. The van der Waals surface area contributed by atoms with Crippen molar-refractivity contribution in [2.45, 2.75) is 31.4 Å². The van der Waals surface area contributed by atoms with Crippen LogP contribution in [0.15, 0.2) is 0 Å². The molecule has 0 radical (unpaired) electrons. The molecule has 2 bridgehead atoms. The van der Waals surface area contributed by atoms with Crippen LogP contribution in [0.4, 0.5) is 0 Å². The lowest BCUT2D eigenvalue weighted by molar-refractivity contribution is -0.770. The Kier molecular flexibility index (Phi) is 2.05. The number of rotatable bonds is 2. The van der Waals surface area contributed by atoms with E-state index in [4.69, 9.17) is 0 Å². The van der Waals surface area contributed by atoms with Crippen molar-refractivity contribution in [3.8, 4) is 0 Å². The minimum Gasteiger partial charge on any atom is -0.340 e. The topological polar surface area (TPSA) is 72.7 Å². The average Bonchev–Trinajstić information content (AvgIpc) is 2.36. The molecule has 3 atom stereocenters. The van der Waals surface area contributed by atoms with Gasteiger partial charge in [0.05, 0.1) is 6.04 Å². The van der Waals surface area contributed by atoms with Crippen molar-refractivity contribution in [3.05, 3.63) is 10.1 Å². The molecule has 6 heteroatoms. The molecule has 2 fully saturated rings. The van der Waals surface area contributed by atoms with Crippen molar-refractivity contribution in [2.75, 3.05) is 7.05 Å². The van der Waals surface area contributed by atoms with Crippen molar-refractivity contribution < 1.29 is 14.7 Å². The summed E-state index contributed by atoms with van der Waals surface area (Å²) in [4.78, 5) is 27.9. The Morgan fingerprint density at radius 1 is 1.57 bits per heavy atom. The maximum Gasteiger partial charge on any atom is 0.294 e. The van der Waals surface area contributed by atoms with Crippen molar-refractivity contribution in [1.29, 1.82) is 0 Å². The fourth-order valence-corrected chi connectivity index (χ4v) is 2.44. The molecule has 3 unspecified atom stereocenters. The first-order chi connectivity index (χ1) is 6.59. The van der Waals surface area contributed by atoms with Crippen LogP contribution in [0.1, 0.15) is 19.3 Å². The van der Waals surface area contributed by atoms with E-state index in [1.54, 1.807) is 11.9 Å². The van der Waals surface area contributed by atoms with Crippen molar-refractivity contribution in [2.24, 2.45) is 5.92 Å². The van der Waals surface area contributed by atoms with Gasteiger partial charge in [-0.2, -0.15) is 0 Å². The van der Waals surface area contributed by atoms with E-state index >= 15 is 0 Å². The van der Waals surface area contributed by atoms with Crippen molar-refractivity contribution in [3.63, 3.8) is 0 Å². The molecular formula is C8H12N2O4. The SMILES string of the molecule is CN1C(=O)C2CCC(O[N+](=O)[O-])C1C2. The molecule has 14 heavy (non-hydrogen) atoms. The quantitative estimate of drug-likeness (QED) is 0.471. The van der Waals surface area contributed by atoms with Crippen LogP contribution in [0.3, 0.4) is 0 Å². The number of hydrogen-bond acceptors (Lipinski definition) is 4. The van der Waals surface area contributed by atoms with E-state index in [1.165, 1.54) is 0 Å². The first kappa shape index (κ1) is 9.23. The van der Waals surface area contributed by atoms with Crippen LogP contribution < -0.4 is 0 Å². The van der Waals surface area contributed by atoms with Crippen LogP contribution in [-0.4, -0.2) is 35.1 Å². The standard InChI is InChI=1S/C8H12N2O4/c1-9-6-4-5(8(9)11)2-3-7(6)14-10(12)13/h5-7H,2-4H2,1H3. The molecule has 78 valence electrons. The highest BCUT2D eigenvalue weighted by Gasteiger charge is 2.46. The van der Waals surface area contributed by atoms with E-state index in [0.717, 1.165) is 0 Å². The molecular weight excluding hydrogens is 188 g/mol. The Balaban J connectivity index is 2.09. The summed E-state index contributed by atoms with van der Waals surface area (Å²) in [5.74, 6) is 0.168. The zero-order valence-corrected chi connectivity index (χ0v) is 7.88. The summed E-state index contributed by atoms with van der Waals surface area (Å²) >= 11 is 0. The van der Waals surface area contributed by atoms with Gasteiger partial charge in [-0.3, -0.25) is 4.79 Å². The van der Waals surface area contributed by atoms with Crippen LogP contribution in [0.25, 0.3) is 0 Å². The van der Waals surface area contributed by atoms with E-state index in [9.17, 15) is 14.9 Å². The number of carbonyl (C=O) groups is 1. The largest absolute Gasteiger partial charge is 0.340 e. The van der Waals surface area contributed by atoms with E-state index in [1.807, 2.05) is 0 Å². The molecule has 1 heterocycles. The van der Waals surface area contributed by atoms with Gasteiger partial charge < -0.3 is 9.74 Å². The smallest absolute Gasteiger partial charge is 0.294 e. The lowest BCUT2D eigenvalue weighted by Crippen LogP contribution is -2.40. The summed E-state index contributed by atoms with van der Waals surface area (Å²) in [6, 6.07) is -0.105. The normalized spacial score (nSPS) is 35.9. The zero-order chi connectivity index (χ0) is 10.3. The third kappa shape index (κ3) is 1.30. The van der Waals surface area contributed by atoms with Crippen LogP contribution in [0.2, 0.25) is 0 Å². The van der Waals surface area contributed by atoms with Crippen molar-refractivity contribution >= 4 is 5.91 Å². The number of likely N-dealkylation sites (N-methyl/N-ethyl adjacent to an activating group) is 1. The zero-order valence-electron chi connectivity index (χ0n) is 7.88. The first-order valence-corrected chi connectivity index (χ1v) is 4.67. The number of amides is 1. The minimum absolute atomic E-state index is 0.0663. The summed E-state index contributed by atoms with van der Waals surface area (Å²) in [6.45, 7) is 0. The van der Waals surface area contributed by atoms with Gasteiger partial charge >= 0.3 is 0 Å². The molecule has 1 amide bonds. The lowest BCUT2D eigenvalue weighted by Gasteiger charge is -2.28. The molecule has 2 rings (SSSR count). The van der Waals surface area contributed by atoms with Gasteiger partial charge in [-0.05, 0) is 19.3 Å².